The fourth-order valence-corrected chi connectivity index (χ4v) is 1.61. The highest BCUT2D eigenvalue weighted by atomic mass is 16.6. The van der Waals surface area contributed by atoms with Gasteiger partial charge in [0.25, 0.3) is 11.6 Å². The average Bonchev–Trinajstić information content (AvgIpc) is 2.39. The molecule has 0 fully saturated rings. The Bertz CT molecular complexity index is 641. The number of nitrogens with one attached hydrogen (secondary N) is 1. The summed E-state index contributed by atoms with van der Waals surface area (Å²) < 4.78 is 0. The third-order valence-electron chi connectivity index (χ3n) is 2.50. The fourth-order valence-electron chi connectivity index (χ4n) is 1.61. The van der Waals surface area contributed by atoms with Gasteiger partial charge in [-0.15, -0.1) is 0 Å². The maximum atomic E-state index is 12.0. The highest BCUT2D eigenvalue weighted by Crippen LogP contribution is 2.23. The van der Waals surface area contributed by atoms with E-state index in [0.29, 0.717) is 11.3 Å². The predicted molar refractivity (Wildman–Crippen MR) is 71.9 cm³/mol. The Morgan fingerprint density at radius 3 is 2.58 bits per heavy atom. The highest BCUT2D eigenvalue weighted by molar-refractivity contribution is 6.05. The molecule has 0 saturated carbocycles. The number of nitrogen functional groups attached to an aromatic ring is 1. The van der Waals surface area contributed by atoms with E-state index in [4.69, 9.17) is 5.73 Å². The van der Waals surface area contributed by atoms with Crippen molar-refractivity contribution in [3.05, 3.63) is 64.2 Å². The van der Waals surface area contributed by atoms with E-state index in [1.165, 1.54) is 24.3 Å². The molecule has 0 radical (unpaired) electrons. The topological polar surface area (TPSA) is 98.3 Å². The second-order valence-electron chi connectivity index (χ2n) is 3.85. The molecule has 3 N–H and O–H groups in total. The third kappa shape index (κ3) is 2.86. The molecule has 0 saturated heterocycles. The largest absolute Gasteiger partial charge is 0.399 e. The van der Waals surface area contributed by atoms with Crippen LogP contribution in [-0.4, -0.2) is 10.8 Å². The van der Waals surface area contributed by atoms with Crippen LogP contribution in [0.5, 0.6) is 0 Å². The van der Waals surface area contributed by atoms with E-state index in [0.717, 1.165) is 0 Å². The van der Waals surface area contributed by atoms with E-state index in [9.17, 15) is 14.9 Å². The van der Waals surface area contributed by atoms with Crippen molar-refractivity contribution in [2.24, 2.45) is 0 Å². The number of hydrogen-bond acceptors (Lipinski definition) is 4. The van der Waals surface area contributed by atoms with Gasteiger partial charge in [-0.2, -0.15) is 0 Å². The molecule has 0 aliphatic rings. The minimum absolute atomic E-state index is 0.153. The number of hydrogen-bond donors (Lipinski definition) is 2. The molecule has 0 unspecified atom stereocenters. The van der Waals surface area contributed by atoms with Gasteiger partial charge in [0.2, 0.25) is 0 Å². The van der Waals surface area contributed by atoms with Gasteiger partial charge in [0.05, 0.1) is 4.92 Å². The Hall–Kier alpha value is -2.89. The van der Waals surface area contributed by atoms with Crippen LogP contribution >= 0.6 is 0 Å². The Balaban J connectivity index is 2.27. The van der Waals surface area contributed by atoms with Crippen LogP contribution in [0, 0.1) is 10.1 Å². The van der Waals surface area contributed by atoms with E-state index in [2.05, 4.69) is 5.32 Å². The van der Waals surface area contributed by atoms with Crippen LogP contribution in [-0.2, 0) is 0 Å². The SMILES string of the molecule is Nc1cccc(C(=O)Nc2ccccc2[N+](=O)[O-])c1. The summed E-state index contributed by atoms with van der Waals surface area (Å²) in [6.07, 6.45) is 0. The standard InChI is InChI=1S/C13H11N3O3/c14-10-5-3-4-9(8-10)13(17)15-11-6-1-2-7-12(11)16(18)19/h1-8H,14H2,(H,15,17). The van der Waals surface area contributed by atoms with Crippen molar-refractivity contribution in [3.63, 3.8) is 0 Å². The lowest BCUT2D eigenvalue weighted by atomic mass is 10.2. The van der Waals surface area contributed by atoms with Gasteiger partial charge in [-0.05, 0) is 24.3 Å². The molecule has 19 heavy (non-hydrogen) atoms. The lowest BCUT2D eigenvalue weighted by Crippen LogP contribution is -2.13. The van der Waals surface area contributed by atoms with Gasteiger partial charge in [0.15, 0.2) is 0 Å². The van der Waals surface area contributed by atoms with Crippen LogP contribution in [0.1, 0.15) is 10.4 Å². The van der Waals surface area contributed by atoms with Gasteiger partial charge in [-0.1, -0.05) is 18.2 Å². The van der Waals surface area contributed by atoms with Crippen molar-refractivity contribution in [3.8, 4) is 0 Å². The Morgan fingerprint density at radius 1 is 1.16 bits per heavy atom. The fraction of sp³-hybridized carbons (Fsp3) is 0. The van der Waals surface area contributed by atoms with Gasteiger partial charge >= 0.3 is 0 Å². The number of carbonyl (C=O) groups is 1. The first kappa shape index (κ1) is 12.6. The number of nitrogens with two attached hydrogens (primary N) is 1. The number of nitro benzene ring substituents is 1. The molecule has 0 atom stereocenters. The van der Waals surface area contributed by atoms with Crippen molar-refractivity contribution in [1.29, 1.82) is 0 Å². The van der Waals surface area contributed by atoms with Gasteiger partial charge in [0, 0.05) is 17.3 Å². The van der Waals surface area contributed by atoms with Crippen molar-refractivity contribution in [2.75, 3.05) is 11.1 Å². The summed E-state index contributed by atoms with van der Waals surface area (Å²) in [7, 11) is 0. The van der Waals surface area contributed by atoms with Gasteiger partial charge in [-0.3, -0.25) is 14.9 Å². The summed E-state index contributed by atoms with van der Waals surface area (Å²) in [5.41, 5.74) is 6.38. The summed E-state index contributed by atoms with van der Waals surface area (Å²) >= 11 is 0. The van der Waals surface area contributed by atoms with Crippen LogP contribution in [0.25, 0.3) is 0 Å². The summed E-state index contributed by atoms with van der Waals surface area (Å²) in [6, 6.07) is 12.3. The predicted octanol–water partition coefficient (Wildman–Crippen LogP) is 2.43. The van der Waals surface area contributed by atoms with Gasteiger partial charge in [0.1, 0.15) is 5.69 Å². The number of amides is 1. The molecule has 6 nitrogen and oxygen atoms in total. The zero-order chi connectivity index (χ0) is 13.8. The Kier molecular flexibility index (Phi) is 3.42. The molecule has 0 spiro atoms. The maximum absolute atomic E-state index is 12.0. The second kappa shape index (κ2) is 5.18. The molecular formula is C13H11N3O3. The van der Waals surface area contributed by atoms with Crippen LogP contribution in [0.2, 0.25) is 0 Å². The number of benzene rings is 2. The van der Waals surface area contributed by atoms with E-state index in [1.807, 2.05) is 0 Å². The summed E-state index contributed by atoms with van der Waals surface area (Å²) in [5, 5.41) is 13.3. The summed E-state index contributed by atoms with van der Waals surface area (Å²) in [4.78, 5) is 22.2. The zero-order valence-electron chi connectivity index (χ0n) is 9.87. The number of nitrogens with zero attached hydrogens (tertiary/aromatic N) is 1. The van der Waals surface area contributed by atoms with Crippen molar-refractivity contribution >= 4 is 23.0 Å². The van der Waals surface area contributed by atoms with Crippen LogP contribution in [0.15, 0.2) is 48.5 Å². The van der Waals surface area contributed by atoms with Gasteiger partial charge in [-0.25, -0.2) is 0 Å². The smallest absolute Gasteiger partial charge is 0.292 e. The Morgan fingerprint density at radius 2 is 1.89 bits per heavy atom. The average molecular weight is 257 g/mol. The van der Waals surface area contributed by atoms with Gasteiger partial charge < -0.3 is 11.1 Å². The number of rotatable bonds is 3. The molecule has 2 rings (SSSR count). The molecular weight excluding hydrogens is 246 g/mol. The minimum Gasteiger partial charge on any atom is -0.399 e. The normalized spacial score (nSPS) is 9.89. The zero-order valence-corrected chi connectivity index (χ0v) is 9.87. The molecule has 0 aliphatic heterocycles. The monoisotopic (exact) mass is 257 g/mol. The first-order valence-corrected chi connectivity index (χ1v) is 5.48. The van der Waals surface area contributed by atoms with Crippen molar-refractivity contribution in [1.82, 2.24) is 0 Å². The summed E-state index contributed by atoms with van der Waals surface area (Å²) in [6.45, 7) is 0. The Labute approximate surface area is 109 Å². The third-order valence-corrected chi connectivity index (χ3v) is 2.50. The lowest BCUT2D eigenvalue weighted by Gasteiger charge is -2.06. The first-order valence-electron chi connectivity index (χ1n) is 5.48. The molecule has 1 amide bonds. The summed E-state index contributed by atoms with van der Waals surface area (Å²) in [5.74, 6) is -0.443. The van der Waals surface area contributed by atoms with E-state index >= 15 is 0 Å². The maximum Gasteiger partial charge on any atom is 0.292 e. The highest BCUT2D eigenvalue weighted by Gasteiger charge is 2.15. The molecule has 0 heterocycles. The molecule has 0 aliphatic carbocycles. The quantitative estimate of drug-likeness (QED) is 0.501. The molecule has 0 bridgehead atoms. The van der Waals surface area contributed by atoms with Crippen molar-refractivity contribution in [2.45, 2.75) is 0 Å². The van der Waals surface area contributed by atoms with E-state index in [-0.39, 0.29) is 11.4 Å². The minimum atomic E-state index is -0.547. The molecule has 0 aromatic heterocycles. The number of anilines is 2. The van der Waals surface area contributed by atoms with Crippen LogP contribution < -0.4 is 11.1 Å². The second-order valence-corrected chi connectivity index (χ2v) is 3.85. The number of nitro groups is 1. The number of para-hydroxylation sites is 2. The van der Waals surface area contributed by atoms with E-state index in [1.54, 1.807) is 24.3 Å². The number of carbonyl (C=O) groups excluding carboxylic acids is 1. The van der Waals surface area contributed by atoms with Crippen LogP contribution in [0.3, 0.4) is 0 Å². The molecule has 2 aromatic carbocycles. The van der Waals surface area contributed by atoms with Crippen molar-refractivity contribution < 1.29 is 9.72 Å². The van der Waals surface area contributed by atoms with Crippen LogP contribution in [0.4, 0.5) is 17.1 Å². The molecule has 96 valence electrons. The lowest BCUT2D eigenvalue weighted by molar-refractivity contribution is -0.383. The molecule has 2 aromatic rings. The molecule has 6 heteroatoms. The first-order chi connectivity index (χ1) is 9.08. The van der Waals surface area contributed by atoms with E-state index < -0.39 is 10.8 Å².